The van der Waals surface area contributed by atoms with E-state index in [4.69, 9.17) is 5.73 Å². The summed E-state index contributed by atoms with van der Waals surface area (Å²) in [5.41, 5.74) is 6.85. The molecule has 19 heavy (non-hydrogen) atoms. The van der Waals surface area contributed by atoms with Crippen LogP contribution in [0.1, 0.15) is 45.1 Å². The molecule has 1 unspecified atom stereocenters. The number of nitrogens with two attached hydrogens (primary N) is 1. The second kappa shape index (κ2) is 5.23. The average molecular weight is 264 g/mol. The van der Waals surface area contributed by atoms with Gasteiger partial charge in [0.15, 0.2) is 0 Å². The summed E-state index contributed by atoms with van der Waals surface area (Å²) in [5.74, 6) is 0.871. The number of nitrogens with zero attached hydrogens (tertiary/aromatic N) is 2. The summed E-state index contributed by atoms with van der Waals surface area (Å²) in [5, 5.41) is 7.08. The highest BCUT2D eigenvalue weighted by molar-refractivity contribution is 5.79. The van der Waals surface area contributed by atoms with Gasteiger partial charge in [0.2, 0.25) is 5.91 Å². The maximum Gasteiger partial charge on any atom is 0.223 e. The zero-order valence-electron chi connectivity index (χ0n) is 12.1. The summed E-state index contributed by atoms with van der Waals surface area (Å²) in [6.07, 6.45) is 6.20. The molecule has 1 aromatic heterocycles. The predicted molar refractivity (Wildman–Crippen MR) is 75.2 cm³/mol. The van der Waals surface area contributed by atoms with Crippen molar-refractivity contribution in [3.05, 3.63) is 11.8 Å². The first-order chi connectivity index (χ1) is 8.92. The Bertz CT molecular complexity index is 464. The Morgan fingerprint density at radius 3 is 2.89 bits per heavy atom. The van der Waals surface area contributed by atoms with Gasteiger partial charge in [0.1, 0.15) is 5.82 Å². The first-order valence-corrected chi connectivity index (χ1v) is 6.96. The molecule has 1 atom stereocenters. The normalized spacial score (nSPS) is 22.2. The zero-order valence-corrected chi connectivity index (χ0v) is 12.1. The van der Waals surface area contributed by atoms with Crippen molar-refractivity contribution in [1.29, 1.82) is 0 Å². The van der Waals surface area contributed by atoms with Crippen LogP contribution in [0.4, 0.5) is 5.82 Å². The first kappa shape index (κ1) is 13.9. The molecule has 1 aliphatic carbocycles. The summed E-state index contributed by atoms with van der Waals surface area (Å²) in [6, 6.07) is 0. The van der Waals surface area contributed by atoms with Gasteiger partial charge in [-0.05, 0) is 18.3 Å². The van der Waals surface area contributed by atoms with E-state index in [1.165, 1.54) is 6.42 Å². The number of rotatable bonds is 3. The molecule has 5 heteroatoms. The fourth-order valence-electron chi connectivity index (χ4n) is 2.91. The van der Waals surface area contributed by atoms with E-state index in [0.29, 0.717) is 12.4 Å². The minimum Gasteiger partial charge on any atom is -0.384 e. The number of nitrogens with one attached hydrogen (secondary N) is 1. The number of carbonyl (C=O) groups is 1. The van der Waals surface area contributed by atoms with Crippen molar-refractivity contribution in [2.24, 2.45) is 18.4 Å². The standard InChI is InChI=1S/C14H24N4O/c1-14(2)7-5-4-6-11(14)13(19)16-8-10-9-17-18(3)12(10)15/h9,11H,4-8,15H2,1-3H3,(H,16,19). The molecule has 2 rings (SSSR count). The summed E-state index contributed by atoms with van der Waals surface area (Å²) in [7, 11) is 1.80. The highest BCUT2D eigenvalue weighted by atomic mass is 16.1. The molecule has 1 aromatic rings. The van der Waals surface area contributed by atoms with Crippen molar-refractivity contribution >= 4 is 11.7 Å². The smallest absolute Gasteiger partial charge is 0.223 e. The summed E-state index contributed by atoms with van der Waals surface area (Å²) < 4.78 is 1.62. The van der Waals surface area contributed by atoms with Crippen molar-refractivity contribution in [3.63, 3.8) is 0 Å². The largest absolute Gasteiger partial charge is 0.384 e. The highest BCUT2D eigenvalue weighted by Gasteiger charge is 2.36. The van der Waals surface area contributed by atoms with Gasteiger partial charge >= 0.3 is 0 Å². The molecule has 1 saturated carbocycles. The Balaban J connectivity index is 1.96. The van der Waals surface area contributed by atoms with Crippen molar-refractivity contribution in [2.75, 3.05) is 5.73 Å². The summed E-state index contributed by atoms with van der Waals surface area (Å²) in [6.45, 7) is 4.84. The molecular weight excluding hydrogens is 240 g/mol. The molecule has 106 valence electrons. The molecule has 0 aliphatic heterocycles. The number of nitrogen functional groups attached to an aromatic ring is 1. The van der Waals surface area contributed by atoms with Gasteiger partial charge < -0.3 is 11.1 Å². The lowest BCUT2D eigenvalue weighted by molar-refractivity contribution is -0.130. The van der Waals surface area contributed by atoms with Gasteiger partial charge in [-0.2, -0.15) is 5.10 Å². The average Bonchev–Trinajstić information content (AvgIpc) is 2.66. The minimum absolute atomic E-state index is 0.100. The van der Waals surface area contributed by atoms with Crippen LogP contribution in [-0.4, -0.2) is 15.7 Å². The van der Waals surface area contributed by atoms with Gasteiger partial charge in [-0.3, -0.25) is 9.48 Å². The molecular formula is C14H24N4O. The Morgan fingerprint density at radius 2 is 2.32 bits per heavy atom. The Hall–Kier alpha value is -1.52. The van der Waals surface area contributed by atoms with Gasteiger partial charge in [-0.15, -0.1) is 0 Å². The van der Waals surface area contributed by atoms with Crippen LogP contribution in [0.5, 0.6) is 0 Å². The second-order valence-corrected chi connectivity index (χ2v) is 6.18. The summed E-state index contributed by atoms with van der Waals surface area (Å²) >= 11 is 0. The number of hydrogen-bond donors (Lipinski definition) is 2. The number of aromatic nitrogens is 2. The number of anilines is 1. The van der Waals surface area contributed by atoms with Gasteiger partial charge in [-0.25, -0.2) is 0 Å². The van der Waals surface area contributed by atoms with Crippen LogP contribution in [0.3, 0.4) is 0 Å². The molecule has 1 amide bonds. The van der Waals surface area contributed by atoms with E-state index in [9.17, 15) is 4.79 Å². The third kappa shape index (κ3) is 2.91. The van der Waals surface area contributed by atoms with E-state index in [1.807, 2.05) is 0 Å². The first-order valence-electron chi connectivity index (χ1n) is 6.96. The molecule has 0 radical (unpaired) electrons. The van der Waals surface area contributed by atoms with Crippen LogP contribution >= 0.6 is 0 Å². The predicted octanol–water partition coefficient (Wildman–Crippen LogP) is 1.83. The van der Waals surface area contributed by atoms with Crippen LogP contribution in [0.2, 0.25) is 0 Å². The van der Waals surface area contributed by atoms with Crippen LogP contribution < -0.4 is 11.1 Å². The number of hydrogen-bond acceptors (Lipinski definition) is 3. The van der Waals surface area contributed by atoms with E-state index in [0.717, 1.165) is 24.8 Å². The van der Waals surface area contributed by atoms with E-state index in [2.05, 4.69) is 24.3 Å². The monoisotopic (exact) mass is 264 g/mol. The van der Waals surface area contributed by atoms with Gasteiger partial charge in [-0.1, -0.05) is 26.7 Å². The molecule has 5 nitrogen and oxygen atoms in total. The van der Waals surface area contributed by atoms with E-state index >= 15 is 0 Å². The Morgan fingerprint density at radius 1 is 1.58 bits per heavy atom. The number of amides is 1. The molecule has 1 fully saturated rings. The van der Waals surface area contributed by atoms with Crippen LogP contribution in [-0.2, 0) is 18.4 Å². The molecule has 3 N–H and O–H groups in total. The maximum absolute atomic E-state index is 12.3. The fraction of sp³-hybridized carbons (Fsp3) is 0.714. The van der Waals surface area contributed by atoms with Crippen molar-refractivity contribution in [1.82, 2.24) is 15.1 Å². The minimum atomic E-state index is 0.100. The molecule has 1 heterocycles. The van der Waals surface area contributed by atoms with Crippen LogP contribution in [0, 0.1) is 11.3 Å². The van der Waals surface area contributed by atoms with E-state index in [-0.39, 0.29) is 17.2 Å². The Labute approximate surface area is 114 Å². The quantitative estimate of drug-likeness (QED) is 0.875. The van der Waals surface area contributed by atoms with Crippen molar-refractivity contribution < 1.29 is 4.79 Å². The van der Waals surface area contributed by atoms with Crippen molar-refractivity contribution in [2.45, 2.75) is 46.1 Å². The lowest BCUT2D eigenvalue weighted by Gasteiger charge is -2.37. The Kier molecular flexibility index (Phi) is 3.83. The summed E-state index contributed by atoms with van der Waals surface area (Å²) in [4.78, 5) is 12.3. The van der Waals surface area contributed by atoms with E-state index in [1.54, 1.807) is 17.9 Å². The third-order valence-electron chi connectivity index (χ3n) is 4.34. The number of aryl methyl sites for hydroxylation is 1. The third-order valence-corrected chi connectivity index (χ3v) is 4.34. The van der Waals surface area contributed by atoms with Crippen LogP contribution in [0.25, 0.3) is 0 Å². The molecule has 0 bridgehead atoms. The highest BCUT2D eigenvalue weighted by Crippen LogP contribution is 2.40. The number of carbonyl (C=O) groups excluding carboxylic acids is 1. The maximum atomic E-state index is 12.3. The molecule has 0 spiro atoms. The molecule has 0 saturated heterocycles. The van der Waals surface area contributed by atoms with E-state index < -0.39 is 0 Å². The molecule has 1 aliphatic rings. The zero-order chi connectivity index (χ0) is 14.0. The van der Waals surface area contributed by atoms with Gasteiger partial charge in [0, 0.05) is 25.1 Å². The van der Waals surface area contributed by atoms with Crippen molar-refractivity contribution in [3.8, 4) is 0 Å². The second-order valence-electron chi connectivity index (χ2n) is 6.18. The topological polar surface area (TPSA) is 72.9 Å². The lowest BCUT2D eigenvalue weighted by atomic mass is 9.68. The van der Waals surface area contributed by atoms with Gasteiger partial charge in [0.25, 0.3) is 0 Å². The molecule has 0 aromatic carbocycles. The fourth-order valence-corrected chi connectivity index (χ4v) is 2.91. The SMILES string of the molecule is Cn1ncc(CNC(=O)C2CCCCC2(C)C)c1N. The lowest BCUT2D eigenvalue weighted by Crippen LogP contribution is -2.40. The van der Waals surface area contributed by atoms with Crippen LogP contribution in [0.15, 0.2) is 6.20 Å². The van der Waals surface area contributed by atoms with Gasteiger partial charge in [0.05, 0.1) is 6.20 Å².